The van der Waals surface area contributed by atoms with E-state index in [1.807, 2.05) is 0 Å². The molecule has 0 spiro atoms. The van der Waals surface area contributed by atoms with Crippen LogP contribution in [0, 0.1) is 11.8 Å². The second-order valence-corrected chi connectivity index (χ2v) is 7.17. The summed E-state index contributed by atoms with van der Waals surface area (Å²) in [5.41, 5.74) is 2.66. The maximum Gasteiger partial charge on any atom is 0.240 e. The highest BCUT2D eigenvalue weighted by Gasteiger charge is 2.29. The number of nitrogens with zero attached hydrogens (tertiary/aromatic N) is 1. The van der Waals surface area contributed by atoms with Gasteiger partial charge in [-0.1, -0.05) is 38.1 Å². The SMILES string of the molecule is CC(C)C1CCCN(C(=O)C2Cc3ccccc3CN2)CC1.Cl. The Hall–Kier alpha value is -1.06. The van der Waals surface area contributed by atoms with Gasteiger partial charge in [0.05, 0.1) is 6.04 Å². The number of carbonyl (C=O) groups is 1. The molecule has 1 N–H and O–H groups in total. The first-order valence-electron chi connectivity index (χ1n) is 8.74. The van der Waals surface area contributed by atoms with Crippen molar-refractivity contribution in [3.8, 4) is 0 Å². The van der Waals surface area contributed by atoms with E-state index in [0.717, 1.165) is 50.7 Å². The second kappa shape index (κ2) is 8.16. The van der Waals surface area contributed by atoms with Gasteiger partial charge in [0.2, 0.25) is 5.91 Å². The van der Waals surface area contributed by atoms with Gasteiger partial charge in [-0.2, -0.15) is 0 Å². The van der Waals surface area contributed by atoms with E-state index in [4.69, 9.17) is 0 Å². The predicted octanol–water partition coefficient (Wildman–Crippen LogP) is 3.41. The molecule has 2 heterocycles. The number of hydrogen-bond acceptors (Lipinski definition) is 2. The summed E-state index contributed by atoms with van der Waals surface area (Å²) in [5, 5.41) is 3.44. The van der Waals surface area contributed by atoms with E-state index in [2.05, 4.69) is 48.3 Å². The number of benzene rings is 1. The molecule has 2 aliphatic heterocycles. The number of fused-ring (bicyclic) bond motifs is 1. The van der Waals surface area contributed by atoms with Crippen LogP contribution in [0.25, 0.3) is 0 Å². The van der Waals surface area contributed by atoms with Gasteiger partial charge in [0.1, 0.15) is 0 Å². The van der Waals surface area contributed by atoms with E-state index in [9.17, 15) is 4.79 Å². The molecule has 1 amide bonds. The number of carbonyl (C=O) groups excluding carboxylic acids is 1. The third kappa shape index (κ3) is 4.27. The first-order valence-corrected chi connectivity index (χ1v) is 8.74. The molecule has 0 radical (unpaired) electrons. The molecular formula is C19H29ClN2O. The molecule has 128 valence electrons. The van der Waals surface area contributed by atoms with Gasteiger partial charge in [0.25, 0.3) is 0 Å². The average Bonchev–Trinajstić information content (AvgIpc) is 2.80. The van der Waals surface area contributed by atoms with Crippen molar-refractivity contribution >= 4 is 18.3 Å². The largest absolute Gasteiger partial charge is 0.341 e. The minimum atomic E-state index is -0.0366. The second-order valence-electron chi connectivity index (χ2n) is 7.17. The Bertz CT molecular complexity index is 532. The number of rotatable bonds is 2. The summed E-state index contributed by atoms with van der Waals surface area (Å²) in [6.07, 6.45) is 4.41. The van der Waals surface area contributed by atoms with Gasteiger partial charge in [-0.15, -0.1) is 12.4 Å². The van der Waals surface area contributed by atoms with Crippen molar-refractivity contribution in [2.24, 2.45) is 11.8 Å². The zero-order valence-electron chi connectivity index (χ0n) is 14.3. The predicted molar refractivity (Wildman–Crippen MR) is 96.8 cm³/mol. The Morgan fingerprint density at radius 3 is 2.65 bits per heavy atom. The third-order valence-corrected chi connectivity index (χ3v) is 5.41. The van der Waals surface area contributed by atoms with E-state index in [1.54, 1.807) is 0 Å². The molecule has 0 saturated carbocycles. The van der Waals surface area contributed by atoms with Crippen molar-refractivity contribution in [1.29, 1.82) is 0 Å². The summed E-state index contributed by atoms with van der Waals surface area (Å²) in [4.78, 5) is 15.0. The molecule has 1 aromatic rings. The molecule has 4 heteroatoms. The molecule has 1 fully saturated rings. The quantitative estimate of drug-likeness (QED) is 0.897. The number of halogens is 1. The van der Waals surface area contributed by atoms with Crippen LogP contribution < -0.4 is 5.32 Å². The molecule has 0 bridgehead atoms. The molecule has 3 rings (SSSR count). The van der Waals surface area contributed by atoms with E-state index in [1.165, 1.54) is 17.5 Å². The van der Waals surface area contributed by atoms with Crippen molar-refractivity contribution in [3.63, 3.8) is 0 Å². The summed E-state index contributed by atoms with van der Waals surface area (Å²) in [6.45, 7) is 7.29. The minimum absolute atomic E-state index is 0. The first kappa shape index (κ1) is 18.3. The smallest absolute Gasteiger partial charge is 0.240 e. The molecule has 3 nitrogen and oxygen atoms in total. The van der Waals surface area contributed by atoms with Crippen LogP contribution in [0.1, 0.15) is 44.2 Å². The Labute approximate surface area is 146 Å². The van der Waals surface area contributed by atoms with E-state index < -0.39 is 0 Å². The summed E-state index contributed by atoms with van der Waals surface area (Å²) in [5.74, 6) is 1.81. The van der Waals surface area contributed by atoms with Crippen LogP contribution in [0.3, 0.4) is 0 Å². The molecule has 0 aliphatic carbocycles. The van der Waals surface area contributed by atoms with Gasteiger partial charge >= 0.3 is 0 Å². The topological polar surface area (TPSA) is 32.3 Å². The summed E-state index contributed by atoms with van der Waals surface area (Å²) in [6, 6.07) is 8.43. The highest BCUT2D eigenvalue weighted by atomic mass is 35.5. The zero-order valence-corrected chi connectivity index (χ0v) is 15.1. The standard InChI is InChI=1S/C19H28N2O.ClH/c1-14(2)15-8-5-10-21(11-9-15)19(22)18-12-16-6-3-4-7-17(16)13-20-18;/h3-4,6-7,14-15,18,20H,5,8-13H2,1-2H3;1H. The van der Waals surface area contributed by atoms with Crippen molar-refractivity contribution < 1.29 is 4.79 Å². The number of nitrogens with one attached hydrogen (secondary N) is 1. The van der Waals surface area contributed by atoms with Crippen LogP contribution in [0.15, 0.2) is 24.3 Å². The lowest BCUT2D eigenvalue weighted by Gasteiger charge is -2.30. The maximum absolute atomic E-state index is 12.9. The molecule has 23 heavy (non-hydrogen) atoms. The Balaban J connectivity index is 0.00000192. The Morgan fingerprint density at radius 1 is 1.17 bits per heavy atom. The van der Waals surface area contributed by atoms with Crippen LogP contribution in [0.2, 0.25) is 0 Å². The lowest BCUT2D eigenvalue weighted by molar-refractivity contribution is -0.133. The third-order valence-electron chi connectivity index (χ3n) is 5.41. The van der Waals surface area contributed by atoms with E-state index >= 15 is 0 Å². The molecule has 1 saturated heterocycles. The summed E-state index contributed by atoms with van der Waals surface area (Å²) >= 11 is 0. The highest BCUT2D eigenvalue weighted by Crippen LogP contribution is 2.25. The Kier molecular flexibility index (Phi) is 6.49. The zero-order chi connectivity index (χ0) is 15.5. The summed E-state index contributed by atoms with van der Waals surface area (Å²) < 4.78 is 0. The molecule has 1 aromatic carbocycles. The van der Waals surface area contributed by atoms with Gasteiger partial charge in [-0.25, -0.2) is 0 Å². The van der Waals surface area contributed by atoms with Crippen molar-refractivity contribution in [2.75, 3.05) is 13.1 Å². The lowest BCUT2D eigenvalue weighted by atomic mass is 9.89. The summed E-state index contributed by atoms with van der Waals surface area (Å²) in [7, 11) is 0. The molecule has 2 atom stereocenters. The highest BCUT2D eigenvalue weighted by molar-refractivity contribution is 5.85. The first-order chi connectivity index (χ1) is 10.6. The Morgan fingerprint density at radius 2 is 1.91 bits per heavy atom. The molecule has 2 aliphatic rings. The average molecular weight is 337 g/mol. The normalized spacial score (nSPS) is 24.6. The van der Waals surface area contributed by atoms with Gasteiger partial charge in [-0.3, -0.25) is 4.79 Å². The van der Waals surface area contributed by atoms with E-state index in [-0.39, 0.29) is 18.4 Å². The van der Waals surface area contributed by atoms with Gasteiger partial charge in [0.15, 0.2) is 0 Å². The van der Waals surface area contributed by atoms with Gasteiger partial charge in [0, 0.05) is 19.6 Å². The fraction of sp³-hybridized carbons (Fsp3) is 0.632. The lowest BCUT2D eigenvalue weighted by Crippen LogP contribution is -2.49. The van der Waals surface area contributed by atoms with Crippen LogP contribution in [0.5, 0.6) is 0 Å². The number of hydrogen-bond donors (Lipinski definition) is 1. The molecule has 0 aromatic heterocycles. The molecule has 2 unspecified atom stereocenters. The number of amides is 1. The van der Waals surface area contributed by atoms with Crippen LogP contribution in [0.4, 0.5) is 0 Å². The van der Waals surface area contributed by atoms with Crippen molar-refractivity contribution in [1.82, 2.24) is 10.2 Å². The van der Waals surface area contributed by atoms with Crippen LogP contribution in [-0.2, 0) is 17.8 Å². The van der Waals surface area contributed by atoms with Crippen molar-refractivity contribution in [3.05, 3.63) is 35.4 Å². The van der Waals surface area contributed by atoms with Crippen LogP contribution in [-0.4, -0.2) is 29.9 Å². The molecular weight excluding hydrogens is 308 g/mol. The van der Waals surface area contributed by atoms with E-state index in [0.29, 0.717) is 5.91 Å². The fourth-order valence-electron chi connectivity index (χ4n) is 3.86. The van der Waals surface area contributed by atoms with Gasteiger partial charge < -0.3 is 10.2 Å². The van der Waals surface area contributed by atoms with Crippen molar-refractivity contribution in [2.45, 2.75) is 52.1 Å². The fourth-order valence-corrected chi connectivity index (χ4v) is 3.86. The monoisotopic (exact) mass is 336 g/mol. The van der Waals surface area contributed by atoms with Crippen LogP contribution >= 0.6 is 12.4 Å². The minimum Gasteiger partial charge on any atom is -0.341 e. The maximum atomic E-state index is 12.9. The number of likely N-dealkylation sites (tertiary alicyclic amines) is 1. The van der Waals surface area contributed by atoms with Gasteiger partial charge in [-0.05, 0) is 48.6 Å².